The minimum Gasteiger partial charge on any atom is -0.352 e. The Morgan fingerprint density at radius 3 is 2.88 bits per heavy atom. The largest absolute Gasteiger partial charge is 0.352 e. The molecule has 0 saturated carbocycles. The van der Waals surface area contributed by atoms with Crippen LogP contribution in [0.25, 0.3) is 0 Å². The summed E-state index contributed by atoms with van der Waals surface area (Å²) in [5.74, 6) is 0.677. The third kappa shape index (κ3) is 3.97. The van der Waals surface area contributed by atoms with Crippen molar-refractivity contribution in [2.24, 2.45) is 0 Å². The van der Waals surface area contributed by atoms with Gasteiger partial charge in [0.2, 0.25) is 11.8 Å². The van der Waals surface area contributed by atoms with Gasteiger partial charge >= 0.3 is 0 Å². The number of hydrogen-bond donors (Lipinski definition) is 1. The zero-order valence-corrected chi connectivity index (χ0v) is 14.6. The molecule has 0 radical (unpaired) electrons. The van der Waals surface area contributed by atoms with Crippen LogP contribution >= 0.6 is 0 Å². The van der Waals surface area contributed by atoms with Crippen LogP contribution in [0.5, 0.6) is 0 Å². The second-order valence-electron chi connectivity index (χ2n) is 7.09. The number of piperidine rings is 1. The molecule has 1 fully saturated rings. The lowest BCUT2D eigenvalue weighted by molar-refractivity contribution is -0.134. The van der Waals surface area contributed by atoms with Gasteiger partial charge in [-0.2, -0.15) is 0 Å². The van der Waals surface area contributed by atoms with Gasteiger partial charge in [-0.1, -0.05) is 31.2 Å². The maximum atomic E-state index is 12.8. The van der Waals surface area contributed by atoms with Crippen LogP contribution in [0, 0.1) is 0 Å². The third-order valence-electron chi connectivity index (χ3n) is 5.37. The molecule has 1 saturated heterocycles. The van der Waals surface area contributed by atoms with Gasteiger partial charge in [0.1, 0.15) is 0 Å². The molecule has 1 N–H and O–H groups in total. The van der Waals surface area contributed by atoms with Gasteiger partial charge in [0, 0.05) is 32.0 Å². The zero-order valence-electron chi connectivity index (χ0n) is 14.6. The normalized spacial score (nSPS) is 23.5. The Morgan fingerprint density at radius 2 is 2.04 bits per heavy atom. The Balaban J connectivity index is 1.60. The summed E-state index contributed by atoms with van der Waals surface area (Å²) in [6.07, 6.45) is 6.46. The van der Waals surface area contributed by atoms with E-state index in [4.69, 9.17) is 0 Å². The Hall–Kier alpha value is -1.84. The molecule has 24 heavy (non-hydrogen) atoms. The molecule has 0 bridgehead atoms. The highest BCUT2D eigenvalue weighted by Gasteiger charge is 2.28. The number of fused-ring (bicyclic) bond motifs is 1. The topological polar surface area (TPSA) is 49.4 Å². The number of carbonyl (C=O) groups excluding carboxylic acids is 2. The third-order valence-corrected chi connectivity index (χ3v) is 5.37. The molecule has 1 aliphatic carbocycles. The Labute approximate surface area is 144 Å². The maximum Gasteiger partial charge on any atom is 0.223 e. The lowest BCUT2D eigenvalue weighted by atomic mass is 9.81. The first kappa shape index (κ1) is 17.0. The van der Waals surface area contributed by atoms with E-state index in [1.807, 2.05) is 11.8 Å². The number of likely N-dealkylation sites (tertiary alicyclic amines) is 1. The van der Waals surface area contributed by atoms with E-state index in [1.165, 1.54) is 17.5 Å². The summed E-state index contributed by atoms with van der Waals surface area (Å²) in [4.78, 5) is 26.3. The van der Waals surface area contributed by atoms with Crippen molar-refractivity contribution < 1.29 is 9.59 Å². The number of hydrogen-bond acceptors (Lipinski definition) is 2. The van der Waals surface area contributed by atoms with Gasteiger partial charge in [-0.25, -0.2) is 0 Å². The van der Waals surface area contributed by atoms with E-state index < -0.39 is 0 Å². The summed E-state index contributed by atoms with van der Waals surface area (Å²) >= 11 is 0. The van der Waals surface area contributed by atoms with Gasteiger partial charge in [-0.3, -0.25) is 9.59 Å². The summed E-state index contributed by atoms with van der Waals surface area (Å²) in [6.45, 7) is 3.35. The monoisotopic (exact) mass is 328 g/mol. The van der Waals surface area contributed by atoms with Crippen LogP contribution in [-0.4, -0.2) is 35.8 Å². The van der Waals surface area contributed by atoms with Crippen LogP contribution in [0.4, 0.5) is 0 Å². The van der Waals surface area contributed by atoms with Crippen molar-refractivity contribution in [3.8, 4) is 0 Å². The van der Waals surface area contributed by atoms with Crippen molar-refractivity contribution in [3.05, 3.63) is 35.4 Å². The minimum absolute atomic E-state index is 0.0792. The van der Waals surface area contributed by atoms with Crippen LogP contribution in [0.15, 0.2) is 24.3 Å². The van der Waals surface area contributed by atoms with Crippen molar-refractivity contribution in [1.82, 2.24) is 10.2 Å². The predicted octanol–water partition coefficient (Wildman–Crippen LogP) is 3.01. The molecule has 1 heterocycles. The van der Waals surface area contributed by atoms with E-state index in [0.29, 0.717) is 25.3 Å². The van der Waals surface area contributed by atoms with Crippen LogP contribution in [0.1, 0.15) is 62.5 Å². The summed E-state index contributed by atoms with van der Waals surface area (Å²) in [7, 11) is 0. The van der Waals surface area contributed by atoms with E-state index in [-0.39, 0.29) is 17.9 Å². The number of benzene rings is 1. The lowest BCUT2D eigenvalue weighted by Crippen LogP contribution is -2.49. The zero-order chi connectivity index (χ0) is 16.9. The fourth-order valence-corrected chi connectivity index (χ4v) is 4.06. The van der Waals surface area contributed by atoms with Gasteiger partial charge in [-0.15, -0.1) is 0 Å². The molecule has 3 rings (SSSR count). The molecule has 1 aromatic carbocycles. The van der Waals surface area contributed by atoms with Crippen LogP contribution in [0.2, 0.25) is 0 Å². The van der Waals surface area contributed by atoms with Crippen molar-refractivity contribution in [2.45, 2.75) is 63.8 Å². The van der Waals surface area contributed by atoms with Gasteiger partial charge < -0.3 is 10.2 Å². The smallest absolute Gasteiger partial charge is 0.223 e. The first-order valence-electron chi connectivity index (χ1n) is 9.32. The SMILES string of the molecule is CCC(=O)NC1CCCN(C(=O)CC2CCCc3ccccc32)C1. The number of nitrogens with zero attached hydrogens (tertiary/aromatic N) is 1. The predicted molar refractivity (Wildman–Crippen MR) is 94.8 cm³/mol. The van der Waals surface area contributed by atoms with Crippen molar-refractivity contribution in [1.29, 1.82) is 0 Å². The first-order valence-corrected chi connectivity index (χ1v) is 9.32. The number of aryl methyl sites for hydroxylation is 1. The minimum atomic E-state index is 0.0792. The molecular formula is C20H28N2O2. The molecule has 4 nitrogen and oxygen atoms in total. The first-order chi connectivity index (χ1) is 11.7. The average molecular weight is 328 g/mol. The van der Waals surface area contributed by atoms with Crippen LogP contribution in [-0.2, 0) is 16.0 Å². The maximum absolute atomic E-state index is 12.8. The number of carbonyl (C=O) groups is 2. The fraction of sp³-hybridized carbons (Fsp3) is 0.600. The van der Waals surface area contributed by atoms with Gasteiger partial charge in [0.15, 0.2) is 0 Å². The summed E-state index contributed by atoms with van der Waals surface area (Å²) in [6, 6.07) is 8.68. The van der Waals surface area contributed by atoms with E-state index >= 15 is 0 Å². The standard InChI is InChI=1S/C20H28N2O2/c1-2-19(23)21-17-10-6-12-22(14-17)20(24)13-16-9-5-8-15-7-3-4-11-18(15)16/h3-4,7,11,16-17H,2,5-6,8-10,12-14H2,1H3,(H,21,23). The molecule has 1 aromatic rings. The molecule has 2 aliphatic rings. The molecule has 0 spiro atoms. The molecule has 2 unspecified atom stereocenters. The molecule has 2 atom stereocenters. The van der Waals surface area contributed by atoms with Crippen LogP contribution in [0.3, 0.4) is 0 Å². The molecule has 1 aliphatic heterocycles. The Morgan fingerprint density at radius 1 is 1.21 bits per heavy atom. The van der Waals surface area contributed by atoms with Crippen molar-refractivity contribution in [2.75, 3.05) is 13.1 Å². The molecule has 2 amide bonds. The quantitative estimate of drug-likeness (QED) is 0.923. The molecule has 0 aromatic heterocycles. The van der Waals surface area contributed by atoms with Gasteiger partial charge in [0.25, 0.3) is 0 Å². The molecule has 130 valence electrons. The molecule has 4 heteroatoms. The second kappa shape index (κ2) is 7.82. The van der Waals surface area contributed by atoms with E-state index in [9.17, 15) is 9.59 Å². The highest BCUT2D eigenvalue weighted by molar-refractivity contribution is 5.78. The number of nitrogens with one attached hydrogen (secondary N) is 1. The summed E-state index contributed by atoms with van der Waals surface area (Å²) in [5, 5.41) is 3.04. The second-order valence-corrected chi connectivity index (χ2v) is 7.09. The van der Waals surface area contributed by atoms with E-state index in [0.717, 1.165) is 32.2 Å². The van der Waals surface area contributed by atoms with Crippen molar-refractivity contribution >= 4 is 11.8 Å². The highest BCUT2D eigenvalue weighted by Crippen LogP contribution is 2.34. The molecular weight excluding hydrogens is 300 g/mol. The number of amides is 2. The van der Waals surface area contributed by atoms with E-state index in [2.05, 4.69) is 29.6 Å². The summed E-state index contributed by atoms with van der Waals surface area (Å²) in [5.41, 5.74) is 2.78. The Kier molecular flexibility index (Phi) is 5.54. The fourth-order valence-electron chi connectivity index (χ4n) is 4.06. The lowest BCUT2D eigenvalue weighted by Gasteiger charge is -2.35. The van der Waals surface area contributed by atoms with Crippen LogP contribution < -0.4 is 5.32 Å². The van der Waals surface area contributed by atoms with E-state index in [1.54, 1.807) is 0 Å². The number of rotatable bonds is 4. The van der Waals surface area contributed by atoms with Gasteiger partial charge in [-0.05, 0) is 49.1 Å². The summed E-state index contributed by atoms with van der Waals surface area (Å²) < 4.78 is 0. The average Bonchev–Trinajstić information content (AvgIpc) is 2.62. The van der Waals surface area contributed by atoms with Crippen molar-refractivity contribution in [3.63, 3.8) is 0 Å². The Bertz CT molecular complexity index is 599. The highest BCUT2D eigenvalue weighted by atomic mass is 16.2. The van der Waals surface area contributed by atoms with Gasteiger partial charge in [0.05, 0.1) is 0 Å².